The Morgan fingerprint density at radius 1 is 1.50 bits per heavy atom. The minimum absolute atomic E-state index is 0.119. The molecule has 0 aliphatic carbocycles. The van der Waals surface area contributed by atoms with Crippen LogP contribution in [0.1, 0.15) is 33.6 Å². The van der Waals surface area contributed by atoms with Gasteiger partial charge in [-0.25, -0.2) is 0 Å². The highest BCUT2D eigenvalue weighted by molar-refractivity contribution is 4.83. The molecule has 0 aliphatic rings. The second kappa shape index (κ2) is 5.48. The third-order valence-electron chi connectivity index (χ3n) is 1.64. The molecular weight excluding hydrogens is 124 g/mol. The quantitative estimate of drug-likeness (QED) is 0.597. The summed E-state index contributed by atoms with van der Waals surface area (Å²) in [6.45, 7) is 6.14. The van der Waals surface area contributed by atoms with Crippen molar-refractivity contribution >= 4 is 0 Å². The first-order valence-electron chi connectivity index (χ1n) is 4.01. The Bertz CT molecular complexity index is 96.9. The summed E-state index contributed by atoms with van der Waals surface area (Å²) in [7, 11) is 0. The van der Waals surface area contributed by atoms with Gasteiger partial charge in [0.1, 0.15) is 0 Å². The van der Waals surface area contributed by atoms with Crippen LogP contribution in [0, 0.1) is 5.92 Å². The first-order chi connectivity index (χ1) is 4.70. The number of hydrogen-bond acceptors (Lipinski definition) is 1. The van der Waals surface area contributed by atoms with Gasteiger partial charge in [-0.1, -0.05) is 26.0 Å². The van der Waals surface area contributed by atoms with Crippen LogP contribution in [0.2, 0.25) is 0 Å². The number of rotatable bonds is 4. The van der Waals surface area contributed by atoms with Crippen molar-refractivity contribution in [3.63, 3.8) is 0 Å². The average Bonchev–Trinajstić information content (AvgIpc) is 1.88. The van der Waals surface area contributed by atoms with Crippen LogP contribution in [0.15, 0.2) is 12.2 Å². The summed E-state index contributed by atoms with van der Waals surface area (Å²) in [4.78, 5) is 0. The van der Waals surface area contributed by atoms with Crippen LogP contribution >= 0.6 is 0 Å². The van der Waals surface area contributed by atoms with Crippen LogP contribution in [0.4, 0.5) is 0 Å². The van der Waals surface area contributed by atoms with E-state index in [-0.39, 0.29) is 6.10 Å². The van der Waals surface area contributed by atoms with E-state index < -0.39 is 0 Å². The molecule has 0 amide bonds. The molecule has 2 atom stereocenters. The summed E-state index contributed by atoms with van der Waals surface area (Å²) in [5, 5.41) is 9.22. The lowest BCUT2D eigenvalue weighted by molar-refractivity contribution is 0.149. The van der Waals surface area contributed by atoms with Gasteiger partial charge in [-0.15, -0.1) is 0 Å². The normalized spacial score (nSPS) is 17.6. The Labute approximate surface area is 63.8 Å². The number of aliphatic hydroxyl groups excluding tert-OH is 1. The predicted molar refractivity (Wildman–Crippen MR) is 44.9 cm³/mol. The lowest BCUT2D eigenvalue weighted by atomic mass is 10.0. The number of allylic oxidation sites excluding steroid dienone is 2. The summed E-state index contributed by atoms with van der Waals surface area (Å²) in [6, 6.07) is 0. The first-order valence-corrected chi connectivity index (χ1v) is 4.01. The molecule has 0 aliphatic heterocycles. The van der Waals surface area contributed by atoms with E-state index in [9.17, 15) is 5.11 Å². The molecule has 0 saturated heterocycles. The van der Waals surface area contributed by atoms with E-state index >= 15 is 0 Å². The fourth-order valence-electron chi connectivity index (χ4n) is 1.00. The van der Waals surface area contributed by atoms with Crippen molar-refractivity contribution in [3.8, 4) is 0 Å². The van der Waals surface area contributed by atoms with E-state index in [1.165, 1.54) is 0 Å². The standard InChI is InChI=1S/C9H18O/c1-4-6-8(3)7-9(10)5-2/h4,6,8-10H,5,7H2,1-3H3/b6-4+/t8-,9+/m1/s1. The monoisotopic (exact) mass is 142 g/mol. The van der Waals surface area contributed by atoms with Gasteiger partial charge in [0.15, 0.2) is 0 Å². The Morgan fingerprint density at radius 2 is 2.10 bits per heavy atom. The largest absolute Gasteiger partial charge is 0.393 e. The molecule has 10 heavy (non-hydrogen) atoms. The van der Waals surface area contributed by atoms with Crippen LogP contribution in [0.25, 0.3) is 0 Å². The molecule has 0 fully saturated rings. The zero-order valence-corrected chi connectivity index (χ0v) is 7.17. The van der Waals surface area contributed by atoms with Gasteiger partial charge in [-0.2, -0.15) is 0 Å². The fraction of sp³-hybridized carbons (Fsp3) is 0.778. The van der Waals surface area contributed by atoms with Gasteiger partial charge in [0.25, 0.3) is 0 Å². The maximum absolute atomic E-state index is 9.22. The van der Waals surface area contributed by atoms with Crippen LogP contribution < -0.4 is 0 Å². The third kappa shape index (κ3) is 4.57. The smallest absolute Gasteiger partial charge is 0.0543 e. The maximum Gasteiger partial charge on any atom is 0.0543 e. The second-order valence-electron chi connectivity index (χ2n) is 2.80. The van der Waals surface area contributed by atoms with Crippen molar-refractivity contribution in [1.29, 1.82) is 0 Å². The first kappa shape index (κ1) is 9.70. The van der Waals surface area contributed by atoms with Gasteiger partial charge in [-0.3, -0.25) is 0 Å². The zero-order chi connectivity index (χ0) is 7.98. The van der Waals surface area contributed by atoms with Crippen molar-refractivity contribution in [1.82, 2.24) is 0 Å². The molecule has 0 unspecified atom stereocenters. The minimum Gasteiger partial charge on any atom is -0.393 e. The average molecular weight is 142 g/mol. The molecule has 0 saturated carbocycles. The molecule has 1 heteroatoms. The van der Waals surface area contributed by atoms with Crippen molar-refractivity contribution in [2.45, 2.75) is 39.7 Å². The highest BCUT2D eigenvalue weighted by atomic mass is 16.3. The molecule has 0 bridgehead atoms. The van der Waals surface area contributed by atoms with E-state index in [0.29, 0.717) is 5.92 Å². The van der Waals surface area contributed by atoms with Crippen molar-refractivity contribution in [3.05, 3.63) is 12.2 Å². The van der Waals surface area contributed by atoms with Crippen molar-refractivity contribution in [2.24, 2.45) is 5.92 Å². The van der Waals surface area contributed by atoms with Crippen LogP contribution in [0.5, 0.6) is 0 Å². The Hall–Kier alpha value is -0.300. The van der Waals surface area contributed by atoms with Gasteiger partial charge in [0.2, 0.25) is 0 Å². The van der Waals surface area contributed by atoms with Crippen molar-refractivity contribution in [2.75, 3.05) is 0 Å². The highest BCUT2D eigenvalue weighted by Crippen LogP contribution is 2.09. The van der Waals surface area contributed by atoms with Gasteiger partial charge < -0.3 is 5.11 Å². The van der Waals surface area contributed by atoms with E-state index in [0.717, 1.165) is 12.8 Å². The molecule has 0 spiro atoms. The molecule has 0 radical (unpaired) electrons. The number of hydrogen-bond donors (Lipinski definition) is 1. The molecule has 1 nitrogen and oxygen atoms in total. The van der Waals surface area contributed by atoms with E-state index in [4.69, 9.17) is 0 Å². The molecule has 1 N–H and O–H groups in total. The molecule has 0 heterocycles. The lowest BCUT2D eigenvalue weighted by Crippen LogP contribution is -2.08. The van der Waals surface area contributed by atoms with E-state index in [1.807, 2.05) is 19.9 Å². The van der Waals surface area contributed by atoms with E-state index in [2.05, 4.69) is 13.0 Å². The predicted octanol–water partition coefficient (Wildman–Crippen LogP) is 2.36. The van der Waals surface area contributed by atoms with Gasteiger partial charge in [0.05, 0.1) is 6.10 Å². The summed E-state index contributed by atoms with van der Waals surface area (Å²) < 4.78 is 0. The molecule has 0 rings (SSSR count). The lowest BCUT2D eigenvalue weighted by Gasteiger charge is -2.10. The molecule has 0 aromatic carbocycles. The Kier molecular flexibility index (Phi) is 5.32. The second-order valence-corrected chi connectivity index (χ2v) is 2.80. The minimum atomic E-state index is -0.119. The summed E-state index contributed by atoms with van der Waals surface area (Å²) in [5.74, 6) is 0.514. The summed E-state index contributed by atoms with van der Waals surface area (Å²) in [6.07, 6.45) is 5.79. The third-order valence-corrected chi connectivity index (χ3v) is 1.64. The summed E-state index contributed by atoms with van der Waals surface area (Å²) >= 11 is 0. The van der Waals surface area contributed by atoms with E-state index in [1.54, 1.807) is 0 Å². The molecular formula is C9H18O. The molecule has 0 aromatic rings. The Balaban J connectivity index is 3.46. The highest BCUT2D eigenvalue weighted by Gasteiger charge is 2.03. The summed E-state index contributed by atoms with van der Waals surface area (Å²) in [5.41, 5.74) is 0. The number of aliphatic hydroxyl groups is 1. The molecule has 60 valence electrons. The van der Waals surface area contributed by atoms with Crippen LogP contribution in [0.3, 0.4) is 0 Å². The topological polar surface area (TPSA) is 20.2 Å². The van der Waals surface area contributed by atoms with Crippen LogP contribution in [-0.2, 0) is 0 Å². The maximum atomic E-state index is 9.22. The molecule has 0 aromatic heterocycles. The fourth-order valence-corrected chi connectivity index (χ4v) is 1.00. The van der Waals surface area contributed by atoms with Crippen LogP contribution in [-0.4, -0.2) is 11.2 Å². The Morgan fingerprint density at radius 3 is 2.50 bits per heavy atom. The van der Waals surface area contributed by atoms with Gasteiger partial charge in [0, 0.05) is 0 Å². The van der Waals surface area contributed by atoms with Crippen molar-refractivity contribution < 1.29 is 5.11 Å². The zero-order valence-electron chi connectivity index (χ0n) is 7.17. The van der Waals surface area contributed by atoms with Gasteiger partial charge in [-0.05, 0) is 25.7 Å². The SMILES string of the molecule is C/C=C/[C@@H](C)C[C@@H](O)CC. The van der Waals surface area contributed by atoms with Gasteiger partial charge >= 0.3 is 0 Å².